The van der Waals surface area contributed by atoms with Gasteiger partial charge in [-0.3, -0.25) is 4.68 Å². The molecule has 7 heteroatoms. The minimum Gasteiger partial charge on any atom is -0.496 e. The largest absolute Gasteiger partial charge is 0.496 e. The molecule has 0 saturated heterocycles. The van der Waals surface area contributed by atoms with E-state index in [4.69, 9.17) is 9.72 Å². The van der Waals surface area contributed by atoms with Gasteiger partial charge in [0.25, 0.3) is 0 Å². The molecular weight excluding hydrogens is 400 g/mol. The van der Waals surface area contributed by atoms with Gasteiger partial charge in [0, 0.05) is 54.6 Å². The lowest BCUT2D eigenvalue weighted by Gasteiger charge is -2.19. The van der Waals surface area contributed by atoms with Crippen molar-refractivity contribution in [1.29, 1.82) is 0 Å². The number of nitrogens with zero attached hydrogens (tertiary/aromatic N) is 5. The van der Waals surface area contributed by atoms with Crippen molar-refractivity contribution in [1.82, 2.24) is 24.7 Å². The van der Waals surface area contributed by atoms with Gasteiger partial charge in [-0.15, -0.1) is 0 Å². The van der Waals surface area contributed by atoms with Crippen LogP contribution in [0.25, 0.3) is 22.0 Å². The van der Waals surface area contributed by atoms with Crippen LogP contribution in [0, 0.1) is 12.3 Å². The third-order valence-corrected chi connectivity index (χ3v) is 5.52. The zero-order valence-corrected chi connectivity index (χ0v) is 19.6. The summed E-state index contributed by atoms with van der Waals surface area (Å²) >= 11 is 0. The van der Waals surface area contributed by atoms with E-state index in [0.717, 1.165) is 57.2 Å². The van der Waals surface area contributed by atoms with Crippen LogP contribution in [-0.2, 0) is 13.5 Å². The van der Waals surface area contributed by atoms with Crippen molar-refractivity contribution in [2.45, 2.75) is 34.1 Å². The lowest BCUT2D eigenvalue weighted by atomic mass is 9.97. The molecule has 32 heavy (non-hydrogen) atoms. The summed E-state index contributed by atoms with van der Waals surface area (Å²) in [5.41, 5.74) is 5.30. The molecule has 3 heterocycles. The molecule has 4 aromatic rings. The number of aryl methyl sites for hydroxylation is 1. The summed E-state index contributed by atoms with van der Waals surface area (Å²) in [7, 11) is 3.64. The highest BCUT2D eigenvalue weighted by molar-refractivity contribution is 5.87. The van der Waals surface area contributed by atoms with Gasteiger partial charge in [-0.05, 0) is 30.0 Å². The number of anilines is 1. The predicted octanol–water partition coefficient (Wildman–Crippen LogP) is 4.79. The van der Waals surface area contributed by atoms with Gasteiger partial charge in [-0.2, -0.15) is 5.10 Å². The second kappa shape index (κ2) is 8.57. The van der Waals surface area contributed by atoms with Crippen LogP contribution in [0.15, 0.2) is 42.9 Å². The zero-order valence-electron chi connectivity index (χ0n) is 19.6. The Balaban J connectivity index is 1.64. The number of ether oxygens (including phenoxy) is 1. The van der Waals surface area contributed by atoms with E-state index in [0.29, 0.717) is 6.42 Å². The van der Waals surface area contributed by atoms with Crippen molar-refractivity contribution in [3.63, 3.8) is 0 Å². The van der Waals surface area contributed by atoms with Gasteiger partial charge < -0.3 is 10.1 Å². The SMILES string of the molecule is COc1cc(-c2cnn(C)c2C)ccc1Cc1ncc2ccnc(NCC(C)(C)C)c2n1. The number of fused-ring (bicyclic) bond motifs is 1. The molecule has 1 aromatic carbocycles. The molecule has 166 valence electrons. The summed E-state index contributed by atoms with van der Waals surface area (Å²) in [4.78, 5) is 13.9. The maximum absolute atomic E-state index is 5.71. The summed E-state index contributed by atoms with van der Waals surface area (Å²) in [6.45, 7) is 9.43. The predicted molar refractivity (Wildman–Crippen MR) is 128 cm³/mol. The van der Waals surface area contributed by atoms with Crippen LogP contribution >= 0.6 is 0 Å². The molecule has 0 saturated carbocycles. The fourth-order valence-electron chi connectivity index (χ4n) is 3.57. The quantitative estimate of drug-likeness (QED) is 0.474. The molecule has 0 radical (unpaired) electrons. The van der Waals surface area contributed by atoms with Crippen LogP contribution in [0.1, 0.15) is 37.9 Å². The highest BCUT2D eigenvalue weighted by Crippen LogP contribution is 2.30. The van der Waals surface area contributed by atoms with Crippen molar-refractivity contribution in [2.24, 2.45) is 12.5 Å². The van der Waals surface area contributed by atoms with E-state index in [1.807, 2.05) is 30.2 Å². The summed E-state index contributed by atoms with van der Waals surface area (Å²) in [6, 6.07) is 8.17. The van der Waals surface area contributed by atoms with E-state index < -0.39 is 0 Å². The molecule has 0 spiro atoms. The van der Waals surface area contributed by atoms with E-state index in [9.17, 15) is 0 Å². The zero-order chi connectivity index (χ0) is 22.9. The van der Waals surface area contributed by atoms with Gasteiger partial charge in [0.1, 0.15) is 17.1 Å². The topological polar surface area (TPSA) is 77.8 Å². The Bertz CT molecular complexity index is 1260. The standard InChI is InChI=1S/C25H30N6O/c1-16-20(14-29-31(16)5)17-7-8-18(21(11-17)32-6)12-22-27-13-19-9-10-26-24(23(19)30-22)28-15-25(2,3)4/h7-11,13-14H,12,15H2,1-6H3,(H,26,28). The van der Waals surface area contributed by atoms with Crippen molar-refractivity contribution < 1.29 is 4.74 Å². The van der Waals surface area contributed by atoms with Gasteiger partial charge in [-0.25, -0.2) is 15.0 Å². The molecule has 3 aromatic heterocycles. The fourth-order valence-corrected chi connectivity index (χ4v) is 3.57. The number of aromatic nitrogens is 5. The Morgan fingerprint density at radius 2 is 1.91 bits per heavy atom. The molecule has 0 unspecified atom stereocenters. The number of hydrogen-bond acceptors (Lipinski definition) is 6. The van der Waals surface area contributed by atoms with E-state index in [2.05, 4.69) is 66.3 Å². The van der Waals surface area contributed by atoms with Crippen molar-refractivity contribution >= 4 is 16.7 Å². The van der Waals surface area contributed by atoms with Crippen molar-refractivity contribution in [3.05, 3.63) is 59.9 Å². The summed E-state index contributed by atoms with van der Waals surface area (Å²) in [5, 5.41) is 8.76. The van der Waals surface area contributed by atoms with Crippen LogP contribution in [0.3, 0.4) is 0 Å². The molecule has 7 nitrogen and oxygen atoms in total. The fraction of sp³-hybridized carbons (Fsp3) is 0.360. The Morgan fingerprint density at radius 1 is 1.09 bits per heavy atom. The highest BCUT2D eigenvalue weighted by Gasteiger charge is 2.15. The van der Waals surface area contributed by atoms with Crippen LogP contribution < -0.4 is 10.1 Å². The third-order valence-electron chi connectivity index (χ3n) is 5.52. The van der Waals surface area contributed by atoms with Gasteiger partial charge in [0.2, 0.25) is 0 Å². The molecule has 0 aliphatic carbocycles. The monoisotopic (exact) mass is 430 g/mol. The first-order valence-corrected chi connectivity index (χ1v) is 10.8. The van der Waals surface area contributed by atoms with Gasteiger partial charge in [-0.1, -0.05) is 32.9 Å². The molecule has 0 bridgehead atoms. The molecule has 0 fully saturated rings. The van der Waals surface area contributed by atoms with E-state index >= 15 is 0 Å². The first-order chi connectivity index (χ1) is 15.2. The average molecular weight is 431 g/mol. The van der Waals surface area contributed by atoms with Gasteiger partial charge in [0.05, 0.1) is 13.3 Å². The number of nitrogens with one attached hydrogen (secondary N) is 1. The first-order valence-electron chi connectivity index (χ1n) is 10.8. The normalized spacial score (nSPS) is 11.7. The number of rotatable bonds is 6. The number of pyridine rings is 1. The first kappa shape index (κ1) is 21.7. The molecular formula is C25H30N6O. The van der Waals surface area contributed by atoms with Crippen molar-refractivity contribution in [2.75, 3.05) is 19.0 Å². The second-order valence-electron chi connectivity index (χ2n) is 9.27. The van der Waals surface area contributed by atoms with Crippen LogP contribution in [0.2, 0.25) is 0 Å². The molecule has 4 rings (SSSR count). The van der Waals surface area contributed by atoms with Gasteiger partial charge >= 0.3 is 0 Å². The summed E-state index contributed by atoms with van der Waals surface area (Å²) < 4.78 is 7.58. The van der Waals surface area contributed by atoms with Crippen molar-refractivity contribution in [3.8, 4) is 16.9 Å². The lowest BCUT2D eigenvalue weighted by molar-refractivity contribution is 0.410. The molecule has 0 aliphatic rings. The second-order valence-corrected chi connectivity index (χ2v) is 9.27. The number of hydrogen-bond donors (Lipinski definition) is 1. The maximum atomic E-state index is 5.71. The van der Waals surface area contributed by atoms with E-state index in [1.54, 1.807) is 13.3 Å². The van der Waals surface area contributed by atoms with Crippen LogP contribution in [-0.4, -0.2) is 38.4 Å². The van der Waals surface area contributed by atoms with Crippen LogP contribution in [0.5, 0.6) is 5.75 Å². The Morgan fingerprint density at radius 3 is 2.59 bits per heavy atom. The van der Waals surface area contributed by atoms with Gasteiger partial charge in [0.15, 0.2) is 5.82 Å². The number of methoxy groups -OCH3 is 1. The Hall–Kier alpha value is -3.48. The molecule has 1 N–H and O–H groups in total. The summed E-state index contributed by atoms with van der Waals surface area (Å²) in [5.74, 6) is 2.33. The molecule has 0 aliphatic heterocycles. The minimum atomic E-state index is 0.140. The van der Waals surface area contributed by atoms with E-state index in [-0.39, 0.29) is 5.41 Å². The van der Waals surface area contributed by atoms with E-state index in [1.165, 1.54) is 0 Å². The highest BCUT2D eigenvalue weighted by atomic mass is 16.5. The summed E-state index contributed by atoms with van der Waals surface area (Å²) in [6.07, 6.45) is 6.11. The Kier molecular flexibility index (Phi) is 5.82. The van der Waals surface area contributed by atoms with Crippen LogP contribution in [0.4, 0.5) is 5.82 Å². The number of benzene rings is 1. The average Bonchev–Trinajstić information content (AvgIpc) is 3.10. The molecule has 0 atom stereocenters. The third kappa shape index (κ3) is 4.56. The minimum absolute atomic E-state index is 0.140. The maximum Gasteiger partial charge on any atom is 0.152 e. The lowest BCUT2D eigenvalue weighted by Crippen LogP contribution is -2.19. The Labute approximate surface area is 188 Å². The smallest absolute Gasteiger partial charge is 0.152 e. The molecule has 0 amide bonds.